The molecule has 0 amide bonds. The number of hydrogen-bond donors (Lipinski definition) is 1. The second-order valence-electron chi connectivity index (χ2n) is 5.93. The fraction of sp³-hybridized carbons (Fsp3) is 0.438. The number of aromatic nitrogens is 1. The molecule has 1 aliphatic rings. The first kappa shape index (κ1) is 17.4. The van der Waals surface area contributed by atoms with Crippen molar-refractivity contribution in [2.75, 3.05) is 30.4 Å². The number of nitro groups is 1. The van der Waals surface area contributed by atoms with E-state index in [9.17, 15) is 14.5 Å². The van der Waals surface area contributed by atoms with Crippen LogP contribution in [0.25, 0.3) is 0 Å². The van der Waals surface area contributed by atoms with Crippen LogP contribution in [-0.2, 0) is 0 Å². The number of benzene rings is 1. The van der Waals surface area contributed by atoms with Gasteiger partial charge >= 0.3 is 5.69 Å². The highest BCUT2D eigenvalue weighted by atomic mass is 32.1. The zero-order valence-electron chi connectivity index (χ0n) is 14.0. The van der Waals surface area contributed by atoms with Crippen LogP contribution in [0.2, 0.25) is 0 Å². The normalized spacial score (nSPS) is 15.2. The molecule has 1 saturated heterocycles. The van der Waals surface area contributed by atoms with Crippen LogP contribution in [-0.4, -0.2) is 36.1 Å². The lowest BCUT2D eigenvalue weighted by molar-refractivity contribution is -0.386. The second kappa shape index (κ2) is 7.22. The summed E-state index contributed by atoms with van der Waals surface area (Å²) < 4.78 is 19.2. The molecule has 0 unspecified atom stereocenters. The molecule has 0 radical (unpaired) electrons. The summed E-state index contributed by atoms with van der Waals surface area (Å²) in [5.41, 5.74) is 0.751. The van der Waals surface area contributed by atoms with E-state index in [4.69, 9.17) is 4.74 Å². The highest BCUT2D eigenvalue weighted by molar-refractivity contribution is 7.13. The van der Waals surface area contributed by atoms with Crippen molar-refractivity contribution in [2.45, 2.75) is 25.8 Å². The molecule has 2 aromatic rings. The number of nitrogens with one attached hydrogen (secondary N) is 1. The Labute approximate surface area is 148 Å². The highest BCUT2D eigenvalue weighted by Gasteiger charge is 2.29. The Bertz CT molecular complexity index is 775. The lowest BCUT2D eigenvalue weighted by atomic mass is 10.0. The van der Waals surface area contributed by atoms with Crippen LogP contribution in [0.15, 0.2) is 17.5 Å². The second-order valence-corrected chi connectivity index (χ2v) is 6.79. The van der Waals surface area contributed by atoms with Gasteiger partial charge in [0.2, 0.25) is 5.82 Å². The average Bonchev–Trinajstić information content (AvgIpc) is 2.99. The summed E-state index contributed by atoms with van der Waals surface area (Å²) >= 11 is 1.56. The molecule has 0 bridgehead atoms. The van der Waals surface area contributed by atoms with Gasteiger partial charge in [0.05, 0.1) is 17.7 Å². The number of anilines is 2. The number of ether oxygens (including phenoxy) is 1. The number of aryl methyl sites for hydroxylation is 1. The predicted molar refractivity (Wildman–Crippen MR) is 95.3 cm³/mol. The zero-order chi connectivity index (χ0) is 18.0. The molecule has 7 nitrogen and oxygen atoms in total. The van der Waals surface area contributed by atoms with E-state index in [-0.39, 0.29) is 17.5 Å². The molecule has 0 aliphatic carbocycles. The molecule has 3 rings (SSSR count). The molecule has 1 aliphatic heterocycles. The van der Waals surface area contributed by atoms with Crippen molar-refractivity contribution in [3.63, 3.8) is 0 Å². The molecule has 25 heavy (non-hydrogen) atoms. The fourth-order valence-electron chi connectivity index (χ4n) is 2.96. The maximum absolute atomic E-state index is 14.1. The summed E-state index contributed by atoms with van der Waals surface area (Å²) in [7, 11) is 1.41. The smallest absolute Gasteiger partial charge is 0.328 e. The van der Waals surface area contributed by atoms with Crippen molar-refractivity contribution in [1.29, 1.82) is 0 Å². The summed E-state index contributed by atoms with van der Waals surface area (Å²) in [5.74, 6) is -0.602. The van der Waals surface area contributed by atoms with Crippen molar-refractivity contribution in [3.8, 4) is 5.75 Å². The zero-order valence-corrected chi connectivity index (χ0v) is 14.8. The van der Waals surface area contributed by atoms with E-state index in [1.165, 1.54) is 13.2 Å². The number of nitro benzene ring substituents is 1. The number of hydrogen-bond acceptors (Lipinski definition) is 7. The van der Waals surface area contributed by atoms with E-state index in [0.717, 1.165) is 29.7 Å². The van der Waals surface area contributed by atoms with Gasteiger partial charge < -0.3 is 15.0 Å². The number of thiazole rings is 1. The molecule has 1 fully saturated rings. The van der Waals surface area contributed by atoms with Gasteiger partial charge in [-0.05, 0) is 19.8 Å². The Morgan fingerprint density at radius 3 is 2.72 bits per heavy atom. The molecular weight excluding hydrogens is 347 g/mol. The van der Waals surface area contributed by atoms with Crippen LogP contribution < -0.4 is 15.0 Å². The van der Waals surface area contributed by atoms with E-state index in [1.54, 1.807) is 11.3 Å². The third-order valence-corrected chi connectivity index (χ3v) is 5.11. The molecule has 134 valence electrons. The minimum Gasteiger partial charge on any atom is -0.497 e. The molecule has 9 heteroatoms. The number of methoxy groups -OCH3 is 1. The van der Waals surface area contributed by atoms with Gasteiger partial charge in [-0.2, -0.15) is 4.39 Å². The van der Waals surface area contributed by atoms with Crippen LogP contribution in [0.1, 0.15) is 18.5 Å². The Morgan fingerprint density at radius 2 is 2.16 bits per heavy atom. The van der Waals surface area contributed by atoms with Crippen molar-refractivity contribution in [3.05, 3.63) is 39.1 Å². The van der Waals surface area contributed by atoms with Gasteiger partial charge in [0.15, 0.2) is 5.13 Å². The highest BCUT2D eigenvalue weighted by Crippen LogP contribution is 2.36. The third-order valence-electron chi connectivity index (χ3n) is 4.22. The van der Waals surface area contributed by atoms with Crippen molar-refractivity contribution < 1.29 is 14.1 Å². The molecule has 0 atom stereocenters. The minimum absolute atomic E-state index is 0.247. The number of piperidine rings is 1. The molecular formula is C16H19FN4O3S. The van der Waals surface area contributed by atoms with Crippen molar-refractivity contribution in [2.24, 2.45) is 0 Å². The maximum Gasteiger partial charge on any atom is 0.328 e. The maximum atomic E-state index is 14.1. The Hall–Kier alpha value is -2.42. The van der Waals surface area contributed by atoms with Gasteiger partial charge in [0, 0.05) is 36.6 Å². The van der Waals surface area contributed by atoms with E-state index < -0.39 is 16.4 Å². The van der Waals surface area contributed by atoms with Gasteiger partial charge in [-0.3, -0.25) is 10.1 Å². The quantitative estimate of drug-likeness (QED) is 0.643. The van der Waals surface area contributed by atoms with Crippen LogP contribution in [0.5, 0.6) is 5.75 Å². The molecule has 0 saturated carbocycles. The first-order chi connectivity index (χ1) is 12.0. The molecule has 1 aromatic heterocycles. The van der Waals surface area contributed by atoms with Crippen molar-refractivity contribution >= 4 is 27.8 Å². The summed E-state index contributed by atoms with van der Waals surface area (Å²) in [6.07, 6.45) is 1.57. The molecule has 2 heterocycles. The van der Waals surface area contributed by atoms with Gasteiger partial charge in [0.1, 0.15) is 11.4 Å². The van der Waals surface area contributed by atoms with E-state index in [1.807, 2.05) is 17.2 Å². The van der Waals surface area contributed by atoms with Gasteiger partial charge in [-0.15, -0.1) is 11.3 Å². The van der Waals surface area contributed by atoms with Crippen LogP contribution >= 0.6 is 11.3 Å². The summed E-state index contributed by atoms with van der Waals surface area (Å²) in [5, 5.41) is 17.5. The first-order valence-corrected chi connectivity index (χ1v) is 8.81. The number of halogens is 1. The SMILES string of the molecule is COc1cc(F)c([N+](=O)[O-])c(N2CCC(Nc3nc(C)cs3)CC2)c1. The number of rotatable bonds is 5. The van der Waals surface area contributed by atoms with Crippen molar-refractivity contribution in [1.82, 2.24) is 4.98 Å². The summed E-state index contributed by atoms with van der Waals surface area (Å²) in [6.45, 7) is 3.13. The van der Waals surface area contributed by atoms with Gasteiger partial charge in [-0.1, -0.05) is 0 Å². The lowest BCUT2D eigenvalue weighted by Gasteiger charge is -2.33. The molecule has 1 aromatic carbocycles. The Kier molecular flexibility index (Phi) is 5.03. The lowest BCUT2D eigenvalue weighted by Crippen LogP contribution is -2.39. The van der Waals surface area contributed by atoms with Crippen LogP contribution in [0.4, 0.5) is 20.9 Å². The molecule has 0 spiro atoms. The first-order valence-electron chi connectivity index (χ1n) is 7.93. The van der Waals surface area contributed by atoms with E-state index >= 15 is 0 Å². The standard InChI is InChI=1S/C16H19FN4O3S/c1-10-9-25-16(18-10)19-11-3-5-20(6-4-11)14-8-12(24-2)7-13(17)15(14)21(22)23/h7-9,11H,3-6H2,1-2H3,(H,18,19). The largest absolute Gasteiger partial charge is 0.497 e. The van der Waals surface area contributed by atoms with Gasteiger partial charge in [0.25, 0.3) is 0 Å². The average molecular weight is 366 g/mol. The Balaban J connectivity index is 1.74. The fourth-order valence-corrected chi connectivity index (χ4v) is 3.73. The van der Waals surface area contributed by atoms with E-state index in [0.29, 0.717) is 13.1 Å². The minimum atomic E-state index is -0.877. The summed E-state index contributed by atoms with van der Waals surface area (Å²) in [6, 6.07) is 2.82. The monoisotopic (exact) mass is 366 g/mol. The topological polar surface area (TPSA) is 80.5 Å². The van der Waals surface area contributed by atoms with Gasteiger partial charge in [-0.25, -0.2) is 4.98 Å². The predicted octanol–water partition coefficient (Wildman–Crippen LogP) is 3.59. The van der Waals surface area contributed by atoms with E-state index in [2.05, 4.69) is 10.3 Å². The third kappa shape index (κ3) is 3.81. The Morgan fingerprint density at radius 1 is 1.44 bits per heavy atom. The molecule has 1 N–H and O–H groups in total. The van der Waals surface area contributed by atoms with Crippen LogP contribution in [0, 0.1) is 22.9 Å². The number of nitrogens with zero attached hydrogens (tertiary/aromatic N) is 3. The van der Waals surface area contributed by atoms with Crippen LogP contribution in [0.3, 0.4) is 0 Å². The summed E-state index contributed by atoms with van der Waals surface area (Å²) in [4.78, 5) is 16.8.